The fourth-order valence-electron chi connectivity index (χ4n) is 2.67. The normalized spacial score (nSPS) is 43.2. The molecule has 2 aliphatic carbocycles. The minimum atomic E-state index is -0.881. The first-order valence-corrected chi connectivity index (χ1v) is 7.32. The maximum absolute atomic E-state index is 13.2. The van der Waals surface area contributed by atoms with Crippen LogP contribution < -0.4 is 16.2 Å². The molecular formula is C12H19ClFN3O2. The Bertz CT molecular complexity index is 356. The summed E-state index contributed by atoms with van der Waals surface area (Å²) in [4.78, 5) is 12.1. The summed E-state index contributed by atoms with van der Waals surface area (Å²) in [7, 11) is 0. The molecule has 1 aliphatic heterocycles. The van der Waals surface area contributed by atoms with Crippen molar-refractivity contribution in [3.63, 3.8) is 0 Å². The van der Waals surface area contributed by atoms with Crippen molar-refractivity contribution in [3.8, 4) is 0 Å². The molecule has 108 valence electrons. The third kappa shape index (κ3) is 3.18. The minimum absolute atomic E-state index is 0.0290. The van der Waals surface area contributed by atoms with E-state index in [1.165, 1.54) is 0 Å². The lowest BCUT2D eigenvalue weighted by atomic mass is 9.87. The predicted molar refractivity (Wildman–Crippen MR) is 67.7 cm³/mol. The monoisotopic (exact) mass is 291 g/mol. The number of hydrazine groups is 1. The van der Waals surface area contributed by atoms with Gasteiger partial charge in [0.15, 0.2) is 0 Å². The minimum Gasteiger partial charge on any atom is -0.324 e. The van der Waals surface area contributed by atoms with Crippen LogP contribution in [0, 0.1) is 11.8 Å². The molecule has 3 aliphatic rings. The van der Waals surface area contributed by atoms with E-state index in [9.17, 15) is 9.18 Å². The lowest BCUT2D eigenvalue weighted by Gasteiger charge is -2.28. The molecule has 1 amide bonds. The molecule has 2 saturated carbocycles. The van der Waals surface area contributed by atoms with Crippen LogP contribution >= 0.6 is 11.6 Å². The smallest absolute Gasteiger partial charge is 0.227 e. The number of ether oxygens (including phenoxy) is 1. The van der Waals surface area contributed by atoms with Crippen molar-refractivity contribution in [2.75, 3.05) is 0 Å². The maximum atomic E-state index is 13.2. The quantitative estimate of drug-likeness (QED) is 0.679. The van der Waals surface area contributed by atoms with E-state index in [0.717, 1.165) is 12.8 Å². The second kappa shape index (κ2) is 5.52. The average Bonchev–Trinajstić information content (AvgIpc) is 3.10. The molecule has 1 heterocycles. The molecule has 0 spiro atoms. The van der Waals surface area contributed by atoms with Gasteiger partial charge in [-0.1, -0.05) is 0 Å². The Labute approximate surface area is 116 Å². The summed E-state index contributed by atoms with van der Waals surface area (Å²) >= 11 is 6.07. The SMILES string of the molecule is O=C(NC1NNC(C2CC2)O1)C1CCC(F)CC1Cl. The van der Waals surface area contributed by atoms with E-state index in [0.29, 0.717) is 18.8 Å². The van der Waals surface area contributed by atoms with Crippen LogP contribution in [0.1, 0.15) is 32.1 Å². The Kier molecular flexibility index (Phi) is 3.93. The van der Waals surface area contributed by atoms with E-state index >= 15 is 0 Å². The van der Waals surface area contributed by atoms with Crippen molar-refractivity contribution >= 4 is 17.5 Å². The van der Waals surface area contributed by atoms with Crippen LogP contribution in [0.3, 0.4) is 0 Å². The van der Waals surface area contributed by atoms with Gasteiger partial charge in [-0.25, -0.2) is 15.2 Å². The Morgan fingerprint density at radius 2 is 2.05 bits per heavy atom. The number of nitrogens with one attached hydrogen (secondary N) is 3. The first kappa shape index (κ1) is 13.5. The number of hydrogen-bond donors (Lipinski definition) is 3. The van der Waals surface area contributed by atoms with E-state index in [4.69, 9.17) is 16.3 Å². The summed E-state index contributed by atoms with van der Waals surface area (Å²) in [5.41, 5.74) is 5.92. The van der Waals surface area contributed by atoms with E-state index < -0.39 is 17.9 Å². The molecule has 0 aromatic heterocycles. The highest BCUT2D eigenvalue weighted by molar-refractivity contribution is 6.22. The van der Waals surface area contributed by atoms with Crippen LogP contribution in [0.15, 0.2) is 0 Å². The standard InChI is InChI=1S/C12H19ClFN3O2/c13-9-5-7(14)3-4-8(9)10(18)15-12-17-16-11(19-12)6-1-2-6/h6-9,11-12,16-17H,1-5H2,(H,15,18). The van der Waals surface area contributed by atoms with Gasteiger partial charge in [0.25, 0.3) is 0 Å². The van der Waals surface area contributed by atoms with Gasteiger partial charge in [0.1, 0.15) is 12.4 Å². The molecule has 3 N–H and O–H groups in total. The zero-order chi connectivity index (χ0) is 13.4. The highest BCUT2D eigenvalue weighted by Crippen LogP contribution is 2.34. The number of alkyl halides is 2. The molecule has 3 rings (SSSR count). The molecule has 19 heavy (non-hydrogen) atoms. The van der Waals surface area contributed by atoms with Crippen molar-refractivity contribution in [1.29, 1.82) is 0 Å². The second-order valence-electron chi connectivity index (χ2n) is 5.60. The predicted octanol–water partition coefficient (Wildman–Crippen LogP) is 0.992. The molecule has 0 radical (unpaired) electrons. The molecule has 5 unspecified atom stereocenters. The summed E-state index contributed by atoms with van der Waals surface area (Å²) < 4.78 is 18.8. The fraction of sp³-hybridized carbons (Fsp3) is 0.917. The van der Waals surface area contributed by atoms with Crippen molar-refractivity contribution in [2.45, 2.75) is 56.2 Å². The van der Waals surface area contributed by atoms with Gasteiger partial charge in [-0.15, -0.1) is 11.6 Å². The topological polar surface area (TPSA) is 62.4 Å². The second-order valence-corrected chi connectivity index (χ2v) is 6.16. The number of amides is 1. The largest absolute Gasteiger partial charge is 0.324 e. The van der Waals surface area contributed by atoms with Gasteiger partial charge >= 0.3 is 0 Å². The number of halogens is 2. The summed E-state index contributed by atoms with van der Waals surface area (Å²) in [6, 6.07) is 0. The zero-order valence-corrected chi connectivity index (χ0v) is 11.3. The van der Waals surface area contributed by atoms with Crippen LogP contribution in [0.4, 0.5) is 4.39 Å². The lowest BCUT2D eigenvalue weighted by molar-refractivity contribution is -0.130. The third-order valence-corrected chi connectivity index (χ3v) is 4.49. The van der Waals surface area contributed by atoms with E-state index in [2.05, 4.69) is 16.2 Å². The molecule has 5 nitrogen and oxygen atoms in total. The number of carbonyl (C=O) groups excluding carboxylic acids is 1. The Morgan fingerprint density at radius 1 is 1.26 bits per heavy atom. The average molecular weight is 292 g/mol. The molecule has 0 aromatic carbocycles. The van der Waals surface area contributed by atoms with Gasteiger partial charge in [0, 0.05) is 5.38 Å². The summed E-state index contributed by atoms with van der Waals surface area (Å²) in [6.07, 6.45) is 2.03. The zero-order valence-electron chi connectivity index (χ0n) is 10.6. The van der Waals surface area contributed by atoms with Crippen LogP contribution in [-0.4, -0.2) is 30.0 Å². The van der Waals surface area contributed by atoms with Gasteiger partial charge in [-0.05, 0) is 38.0 Å². The lowest BCUT2D eigenvalue weighted by Crippen LogP contribution is -2.49. The van der Waals surface area contributed by atoms with Crippen LogP contribution in [-0.2, 0) is 9.53 Å². The molecular weight excluding hydrogens is 273 g/mol. The van der Waals surface area contributed by atoms with Crippen LogP contribution in [0.2, 0.25) is 0 Å². The van der Waals surface area contributed by atoms with E-state index in [-0.39, 0.29) is 24.5 Å². The van der Waals surface area contributed by atoms with Crippen molar-refractivity contribution < 1.29 is 13.9 Å². The first-order chi connectivity index (χ1) is 9.13. The summed E-state index contributed by atoms with van der Waals surface area (Å²) in [5, 5.41) is 2.33. The van der Waals surface area contributed by atoms with Crippen molar-refractivity contribution in [1.82, 2.24) is 16.2 Å². The highest BCUT2D eigenvalue weighted by atomic mass is 35.5. The molecule has 1 saturated heterocycles. The Balaban J connectivity index is 1.48. The molecule has 0 bridgehead atoms. The number of rotatable bonds is 3. The van der Waals surface area contributed by atoms with Gasteiger partial charge in [0.05, 0.1) is 5.92 Å². The van der Waals surface area contributed by atoms with Crippen LogP contribution in [0.5, 0.6) is 0 Å². The van der Waals surface area contributed by atoms with Crippen LogP contribution in [0.25, 0.3) is 0 Å². The van der Waals surface area contributed by atoms with Gasteiger partial charge in [-0.2, -0.15) is 0 Å². The van der Waals surface area contributed by atoms with Gasteiger partial charge in [-0.3, -0.25) is 4.79 Å². The molecule has 5 atom stereocenters. The Hall–Kier alpha value is -0.430. The number of hydrogen-bond acceptors (Lipinski definition) is 4. The maximum Gasteiger partial charge on any atom is 0.227 e. The molecule has 0 aromatic rings. The first-order valence-electron chi connectivity index (χ1n) is 6.88. The fourth-order valence-corrected chi connectivity index (χ4v) is 3.10. The van der Waals surface area contributed by atoms with Crippen molar-refractivity contribution in [3.05, 3.63) is 0 Å². The molecule has 3 fully saturated rings. The number of carbonyl (C=O) groups is 1. The highest BCUT2D eigenvalue weighted by Gasteiger charge is 2.40. The van der Waals surface area contributed by atoms with E-state index in [1.54, 1.807) is 0 Å². The van der Waals surface area contributed by atoms with Gasteiger partial charge in [0.2, 0.25) is 12.3 Å². The summed E-state index contributed by atoms with van der Waals surface area (Å²) in [5.74, 6) is 0.0406. The molecule has 7 heteroatoms. The van der Waals surface area contributed by atoms with Crippen molar-refractivity contribution in [2.24, 2.45) is 11.8 Å². The van der Waals surface area contributed by atoms with Gasteiger partial charge < -0.3 is 10.1 Å². The third-order valence-electron chi connectivity index (χ3n) is 4.01. The summed E-state index contributed by atoms with van der Waals surface area (Å²) in [6.45, 7) is 0. The Morgan fingerprint density at radius 3 is 2.74 bits per heavy atom. The van der Waals surface area contributed by atoms with E-state index in [1.807, 2.05) is 0 Å².